The highest BCUT2D eigenvalue weighted by molar-refractivity contribution is 5.86. The summed E-state index contributed by atoms with van der Waals surface area (Å²) >= 11 is 0. The minimum Gasteiger partial charge on any atom is -0.469 e. The third kappa shape index (κ3) is 5.03. The smallest absolute Gasteiger partial charge is 0.310 e. The maximum Gasteiger partial charge on any atom is 0.310 e. The van der Waals surface area contributed by atoms with E-state index in [1.807, 2.05) is 31.2 Å². The van der Waals surface area contributed by atoms with Gasteiger partial charge >= 0.3 is 5.97 Å². The predicted molar refractivity (Wildman–Crippen MR) is 95.2 cm³/mol. The second-order valence-corrected chi connectivity index (χ2v) is 6.57. The van der Waals surface area contributed by atoms with Crippen molar-refractivity contribution in [3.8, 4) is 0 Å². The van der Waals surface area contributed by atoms with Crippen LogP contribution in [0.2, 0.25) is 0 Å². The van der Waals surface area contributed by atoms with E-state index in [1.54, 1.807) is 7.11 Å². The Bertz CT molecular complexity index is 597. The molecule has 1 atom stereocenters. The lowest BCUT2D eigenvalue weighted by molar-refractivity contribution is -0.149. The zero-order chi connectivity index (χ0) is 18.3. The summed E-state index contributed by atoms with van der Waals surface area (Å²) in [6.07, 6.45) is 1.77. The molecule has 0 spiro atoms. The van der Waals surface area contributed by atoms with Crippen molar-refractivity contribution in [2.75, 3.05) is 33.9 Å². The lowest BCUT2D eigenvalue weighted by Gasteiger charge is -2.35. The minimum absolute atomic E-state index is 0.158. The third-order valence-corrected chi connectivity index (χ3v) is 4.82. The van der Waals surface area contributed by atoms with E-state index < -0.39 is 11.5 Å². The zero-order valence-electron chi connectivity index (χ0n) is 15.3. The second-order valence-electron chi connectivity index (χ2n) is 6.57. The summed E-state index contributed by atoms with van der Waals surface area (Å²) in [4.78, 5) is 24.8. The number of aryl methyl sites for hydroxylation is 1. The Hall–Kier alpha value is -1.92. The zero-order valence-corrected chi connectivity index (χ0v) is 15.3. The van der Waals surface area contributed by atoms with Crippen LogP contribution in [0, 0.1) is 12.8 Å². The van der Waals surface area contributed by atoms with Gasteiger partial charge in [-0.25, -0.2) is 0 Å². The van der Waals surface area contributed by atoms with Crippen molar-refractivity contribution in [3.05, 3.63) is 35.4 Å². The van der Waals surface area contributed by atoms with Crippen molar-refractivity contribution in [2.24, 2.45) is 5.92 Å². The fourth-order valence-corrected chi connectivity index (χ4v) is 3.26. The molecule has 1 aliphatic rings. The number of ether oxygens (including phenoxy) is 2. The Labute approximate surface area is 149 Å². The van der Waals surface area contributed by atoms with Gasteiger partial charge in [0.2, 0.25) is 0 Å². The first-order valence-corrected chi connectivity index (χ1v) is 8.68. The average Bonchev–Trinajstić information content (AvgIpc) is 2.64. The van der Waals surface area contributed by atoms with Gasteiger partial charge in [0.1, 0.15) is 5.60 Å². The fraction of sp³-hybridized carbons (Fsp3) is 0.579. The molecular formula is C19H28N2O4. The largest absolute Gasteiger partial charge is 0.469 e. The number of nitrogens with one attached hydrogen (secondary N) is 2. The number of hydrogen-bond donors (Lipinski definition) is 2. The summed E-state index contributed by atoms with van der Waals surface area (Å²) < 4.78 is 10.4. The molecule has 1 aromatic carbocycles. The van der Waals surface area contributed by atoms with Crippen LogP contribution in [0.25, 0.3) is 0 Å². The van der Waals surface area contributed by atoms with E-state index in [2.05, 4.69) is 10.6 Å². The van der Waals surface area contributed by atoms with Crippen molar-refractivity contribution in [3.63, 3.8) is 0 Å². The molecule has 2 rings (SSSR count). The quantitative estimate of drug-likeness (QED) is 0.725. The van der Waals surface area contributed by atoms with Gasteiger partial charge in [0.25, 0.3) is 5.91 Å². The molecule has 0 saturated carbocycles. The van der Waals surface area contributed by atoms with Gasteiger partial charge in [-0.15, -0.1) is 0 Å². The number of methoxy groups -OCH3 is 2. The molecule has 138 valence electrons. The van der Waals surface area contributed by atoms with E-state index in [0.29, 0.717) is 19.3 Å². The van der Waals surface area contributed by atoms with Crippen LogP contribution >= 0.6 is 0 Å². The normalized spacial score (nSPS) is 17.6. The van der Waals surface area contributed by atoms with Crippen LogP contribution in [-0.4, -0.2) is 51.3 Å². The molecule has 0 bridgehead atoms. The number of carbonyl (C=O) groups is 2. The van der Waals surface area contributed by atoms with E-state index in [-0.39, 0.29) is 18.4 Å². The molecule has 6 nitrogen and oxygen atoms in total. The van der Waals surface area contributed by atoms with Gasteiger partial charge in [-0.05, 0) is 44.8 Å². The van der Waals surface area contributed by atoms with Crippen molar-refractivity contribution in [1.82, 2.24) is 10.6 Å². The first kappa shape index (κ1) is 19.4. The van der Waals surface area contributed by atoms with E-state index in [1.165, 1.54) is 7.11 Å². The van der Waals surface area contributed by atoms with Crippen LogP contribution in [0.1, 0.15) is 24.0 Å². The number of benzene rings is 1. The number of rotatable bonds is 7. The highest BCUT2D eigenvalue weighted by Gasteiger charge is 2.40. The Balaban J connectivity index is 2.02. The van der Waals surface area contributed by atoms with Crippen molar-refractivity contribution in [2.45, 2.75) is 31.8 Å². The molecule has 1 amide bonds. The van der Waals surface area contributed by atoms with Crippen molar-refractivity contribution >= 4 is 11.9 Å². The fourth-order valence-electron chi connectivity index (χ4n) is 3.26. The Morgan fingerprint density at radius 3 is 2.60 bits per heavy atom. The average molecular weight is 348 g/mol. The molecule has 1 saturated heterocycles. The van der Waals surface area contributed by atoms with Crippen LogP contribution in [0.4, 0.5) is 0 Å². The predicted octanol–water partition coefficient (Wildman–Crippen LogP) is 1.21. The van der Waals surface area contributed by atoms with Gasteiger partial charge in [0, 0.05) is 13.7 Å². The maximum atomic E-state index is 12.7. The molecule has 0 aromatic heterocycles. The van der Waals surface area contributed by atoms with Gasteiger partial charge < -0.3 is 20.1 Å². The molecule has 1 fully saturated rings. The Morgan fingerprint density at radius 1 is 1.28 bits per heavy atom. The summed E-state index contributed by atoms with van der Waals surface area (Å²) in [7, 11) is 2.94. The van der Waals surface area contributed by atoms with E-state index in [9.17, 15) is 9.59 Å². The lowest BCUT2D eigenvalue weighted by Crippen LogP contribution is -2.55. The molecule has 1 unspecified atom stereocenters. The number of piperidine rings is 1. The SMILES string of the molecule is COC(=O)C(CNC(=O)C1(OC)CCNCC1)Cc1cccc(C)c1. The van der Waals surface area contributed by atoms with E-state index in [0.717, 1.165) is 24.2 Å². The van der Waals surface area contributed by atoms with Gasteiger partial charge in [-0.1, -0.05) is 29.8 Å². The number of carbonyl (C=O) groups excluding carboxylic acids is 2. The highest BCUT2D eigenvalue weighted by atomic mass is 16.5. The molecule has 6 heteroatoms. The summed E-state index contributed by atoms with van der Waals surface area (Å²) in [5.74, 6) is -0.903. The van der Waals surface area contributed by atoms with E-state index >= 15 is 0 Å². The third-order valence-electron chi connectivity index (χ3n) is 4.82. The summed E-state index contributed by atoms with van der Waals surface area (Å²) in [6, 6.07) is 8.00. The molecular weight excluding hydrogens is 320 g/mol. The van der Waals surface area contributed by atoms with Crippen molar-refractivity contribution in [1.29, 1.82) is 0 Å². The topological polar surface area (TPSA) is 76.7 Å². The summed E-state index contributed by atoms with van der Waals surface area (Å²) in [6.45, 7) is 3.73. The second kappa shape index (κ2) is 8.97. The highest BCUT2D eigenvalue weighted by Crippen LogP contribution is 2.23. The van der Waals surface area contributed by atoms with Gasteiger partial charge in [-0.2, -0.15) is 0 Å². The molecule has 0 radical (unpaired) electrons. The minimum atomic E-state index is -0.810. The van der Waals surface area contributed by atoms with Gasteiger partial charge in [-0.3, -0.25) is 9.59 Å². The van der Waals surface area contributed by atoms with Crippen LogP contribution in [0.3, 0.4) is 0 Å². The van der Waals surface area contributed by atoms with Gasteiger partial charge in [0.05, 0.1) is 13.0 Å². The first-order valence-electron chi connectivity index (χ1n) is 8.68. The molecule has 2 N–H and O–H groups in total. The molecule has 1 heterocycles. The number of hydrogen-bond acceptors (Lipinski definition) is 5. The summed E-state index contributed by atoms with van der Waals surface area (Å²) in [5.41, 5.74) is 1.38. The van der Waals surface area contributed by atoms with Crippen LogP contribution in [0.5, 0.6) is 0 Å². The molecule has 1 aromatic rings. The van der Waals surface area contributed by atoms with Crippen LogP contribution in [0.15, 0.2) is 24.3 Å². The maximum absolute atomic E-state index is 12.7. The first-order chi connectivity index (χ1) is 12.0. The Kier molecular flexibility index (Phi) is 6.96. The Morgan fingerprint density at radius 2 is 2.00 bits per heavy atom. The van der Waals surface area contributed by atoms with Crippen molar-refractivity contribution < 1.29 is 19.1 Å². The van der Waals surface area contributed by atoms with Crippen LogP contribution < -0.4 is 10.6 Å². The molecule has 0 aliphatic carbocycles. The molecule has 25 heavy (non-hydrogen) atoms. The summed E-state index contributed by atoms with van der Waals surface area (Å²) in [5, 5.41) is 6.13. The standard InChI is InChI=1S/C19H28N2O4/c1-14-5-4-6-15(11-14)12-16(17(22)24-2)13-21-18(23)19(25-3)7-9-20-10-8-19/h4-6,11,16,20H,7-10,12-13H2,1-3H3,(H,21,23). The number of esters is 1. The van der Waals surface area contributed by atoms with Gasteiger partial charge in [0.15, 0.2) is 0 Å². The lowest BCUT2D eigenvalue weighted by atomic mass is 9.90. The number of amides is 1. The van der Waals surface area contributed by atoms with Crippen LogP contribution in [-0.2, 0) is 25.5 Å². The molecule has 1 aliphatic heterocycles. The monoisotopic (exact) mass is 348 g/mol. The van der Waals surface area contributed by atoms with E-state index in [4.69, 9.17) is 9.47 Å².